The van der Waals surface area contributed by atoms with Crippen LogP contribution in [0.15, 0.2) is 47.6 Å². The van der Waals surface area contributed by atoms with Crippen molar-refractivity contribution in [3.63, 3.8) is 0 Å². The molecule has 0 atom stereocenters. The van der Waals surface area contributed by atoms with E-state index in [0.717, 1.165) is 12.0 Å². The summed E-state index contributed by atoms with van der Waals surface area (Å²) >= 11 is 1.26. The van der Waals surface area contributed by atoms with E-state index in [4.69, 9.17) is 19.9 Å². The molecule has 0 radical (unpaired) electrons. The Kier molecular flexibility index (Phi) is 7.18. The van der Waals surface area contributed by atoms with E-state index in [1.165, 1.54) is 17.3 Å². The number of methoxy groups -OCH3 is 3. The lowest BCUT2D eigenvalue weighted by Gasteiger charge is -2.15. The number of ether oxygens (including phenoxy) is 3. The second-order valence-corrected chi connectivity index (χ2v) is 7.30. The zero-order valence-electron chi connectivity index (χ0n) is 17.1. The van der Waals surface area contributed by atoms with E-state index < -0.39 is 5.91 Å². The molecule has 0 unspecified atom stereocenters. The molecular weight excluding hydrogens is 404 g/mol. The largest absolute Gasteiger partial charge is 0.493 e. The summed E-state index contributed by atoms with van der Waals surface area (Å²) in [6.45, 7) is 0.629. The summed E-state index contributed by atoms with van der Waals surface area (Å²) in [7, 11) is 4.69. The highest BCUT2D eigenvalue weighted by molar-refractivity contribution is 7.99. The van der Waals surface area contributed by atoms with Gasteiger partial charge in [-0.15, -0.1) is 10.2 Å². The first-order chi connectivity index (χ1) is 14.6. The van der Waals surface area contributed by atoms with Crippen molar-refractivity contribution in [2.75, 3.05) is 27.1 Å². The third-order valence-electron chi connectivity index (χ3n) is 4.45. The minimum Gasteiger partial charge on any atom is -0.493 e. The fourth-order valence-electron chi connectivity index (χ4n) is 3.04. The molecule has 3 aromatic rings. The van der Waals surface area contributed by atoms with Crippen LogP contribution in [-0.4, -0.2) is 47.8 Å². The number of carbonyl (C=O) groups is 1. The molecule has 158 valence electrons. The standard InChI is InChI=1S/C21H24N4O4S/c1-27-16-11-15(12-17(28-2)19(16)29-3)20-23-24-21(30-13-18(22)26)25(20)10-9-14-7-5-4-6-8-14/h4-8,11-12H,9-10,13H2,1-3H3,(H2,22,26). The number of aromatic nitrogens is 3. The van der Waals surface area contributed by atoms with Gasteiger partial charge in [0.05, 0.1) is 27.1 Å². The van der Waals surface area contributed by atoms with Crippen LogP contribution >= 0.6 is 11.8 Å². The molecule has 1 heterocycles. The number of thioether (sulfide) groups is 1. The summed E-state index contributed by atoms with van der Waals surface area (Å²) in [4.78, 5) is 11.3. The molecule has 9 heteroatoms. The molecule has 0 bridgehead atoms. The normalized spacial score (nSPS) is 10.6. The van der Waals surface area contributed by atoms with Gasteiger partial charge in [0.1, 0.15) is 0 Å². The smallest absolute Gasteiger partial charge is 0.227 e. The van der Waals surface area contributed by atoms with Crippen LogP contribution in [0, 0.1) is 0 Å². The maximum atomic E-state index is 11.3. The number of hydrogen-bond donors (Lipinski definition) is 1. The minimum atomic E-state index is -0.410. The van der Waals surface area contributed by atoms with Crippen LogP contribution < -0.4 is 19.9 Å². The fraction of sp³-hybridized carbons (Fsp3) is 0.286. The average Bonchev–Trinajstić information content (AvgIpc) is 3.18. The molecule has 1 amide bonds. The van der Waals surface area contributed by atoms with Crippen LogP contribution in [-0.2, 0) is 17.8 Å². The van der Waals surface area contributed by atoms with Gasteiger partial charge in [0.25, 0.3) is 0 Å². The fourth-order valence-corrected chi connectivity index (χ4v) is 3.75. The third kappa shape index (κ3) is 4.85. The minimum absolute atomic E-state index is 0.124. The van der Waals surface area contributed by atoms with Gasteiger partial charge in [-0.2, -0.15) is 0 Å². The number of rotatable bonds is 10. The molecule has 0 fully saturated rings. The molecule has 0 aliphatic heterocycles. The second-order valence-electron chi connectivity index (χ2n) is 6.36. The van der Waals surface area contributed by atoms with E-state index >= 15 is 0 Å². The Balaban J connectivity index is 2.02. The molecule has 0 spiro atoms. The summed E-state index contributed by atoms with van der Waals surface area (Å²) in [6.07, 6.45) is 0.778. The van der Waals surface area contributed by atoms with Gasteiger partial charge in [-0.3, -0.25) is 4.79 Å². The zero-order valence-corrected chi connectivity index (χ0v) is 17.9. The van der Waals surface area contributed by atoms with Gasteiger partial charge in [-0.25, -0.2) is 0 Å². The maximum absolute atomic E-state index is 11.3. The average molecular weight is 429 g/mol. The first-order valence-electron chi connectivity index (χ1n) is 9.26. The zero-order chi connectivity index (χ0) is 21.5. The molecule has 0 saturated carbocycles. The number of benzene rings is 2. The summed E-state index contributed by atoms with van der Waals surface area (Å²) in [6, 6.07) is 13.8. The van der Waals surface area contributed by atoms with Gasteiger partial charge in [0.15, 0.2) is 22.5 Å². The molecule has 0 saturated heterocycles. The highest BCUT2D eigenvalue weighted by Crippen LogP contribution is 2.41. The van der Waals surface area contributed by atoms with Crippen LogP contribution in [0.25, 0.3) is 11.4 Å². The SMILES string of the molecule is COc1cc(-c2nnc(SCC(N)=O)n2CCc2ccccc2)cc(OC)c1OC. The van der Waals surface area contributed by atoms with E-state index in [1.807, 2.05) is 34.9 Å². The molecule has 0 aliphatic carbocycles. The van der Waals surface area contributed by atoms with Gasteiger partial charge in [-0.1, -0.05) is 42.1 Å². The van der Waals surface area contributed by atoms with Crippen LogP contribution in [0.5, 0.6) is 17.2 Å². The number of aryl methyl sites for hydroxylation is 1. The van der Waals surface area contributed by atoms with Crippen molar-refractivity contribution in [3.05, 3.63) is 48.0 Å². The van der Waals surface area contributed by atoms with Crippen molar-refractivity contribution < 1.29 is 19.0 Å². The Labute approximate surface area is 179 Å². The first-order valence-corrected chi connectivity index (χ1v) is 10.2. The van der Waals surface area contributed by atoms with E-state index in [9.17, 15) is 4.79 Å². The predicted octanol–water partition coefficient (Wildman–Crippen LogP) is 2.79. The van der Waals surface area contributed by atoms with E-state index in [0.29, 0.717) is 34.8 Å². The van der Waals surface area contributed by atoms with E-state index in [1.54, 1.807) is 21.3 Å². The number of nitrogens with two attached hydrogens (primary N) is 1. The van der Waals surface area contributed by atoms with Gasteiger partial charge < -0.3 is 24.5 Å². The van der Waals surface area contributed by atoms with Crippen LogP contribution in [0.2, 0.25) is 0 Å². The number of carbonyl (C=O) groups excluding carboxylic acids is 1. The Morgan fingerprint density at radius 1 is 1.03 bits per heavy atom. The second kappa shape index (κ2) is 10.0. The predicted molar refractivity (Wildman–Crippen MR) is 115 cm³/mol. The molecule has 0 aliphatic rings. The van der Waals surface area contributed by atoms with Crippen molar-refractivity contribution in [2.45, 2.75) is 18.1 Å². The Morgan fingerprint density at radius 2 is 1.70 bits per heavy atom. The van der Waals surface area contributed by atoms with Gasteiger partial charge in [-0.05, 0) is 24.1 Å². The molecule has 2 N–H and O–H groups in total. The Morgan fingerprint density at radius 3 is 2.27 bits per heavy atom. The highest BCUT2D eigenvalue weighted by Gasteiger charge is 2.20. The van der Waals surface area contributed by atoms with Gasteiger partial charge in [0, 0.05) is 12.1 Å². The number of primary amides is 1. The lowest BCUT2D eigenvalue weighted by molar-refractivity contribution is -0.115. The lowest BCUT2D eigenvalue weighted by Crippen LogP contribution is -2.14. The van der Waals surface area contributed by atoms with E-state index in [-0.39, 0.29) is 5.75 Å². The van der Waals surface area contributed by atoms with Crippen molar-refractivity contribution >= 4 is 17.7 Å². The lowest BCUT2D eigenvalue weighted by atomic mass is 10.1. The van der Waals surface area contributed by atoms with Crippen molar-refractivity contribution in [1.82, 2.24) is 14.8 Å². The number of amides is 1. The van der Waals surface area contributed by atoms with Crippen LogP contribution in [0.3, 0.4) is 0 Å². The monoisotopic (exact) mass is 428 g/mol. The number of hydrogen-bond acceptors (Lipinski definition) is 7. The Bertz CT molecular complexity index is 982. The molecule has 30 heavy (non-hydrogen) atoms. The molecule has 1 aromatic heterocycles. The van der Waals surface area contributed by atoms with Crippen molar-refractivity contribution in [1.29, 1.82) is 0 Å². The summed E-state index contributed by atoms with van der Waals surface area (Å²) in [5.74, 6) is 1.90. The topological polar surface area (TPSA) is 101 Å². The van der Waals surface area contributed by atoms with Gasteiger partial charge >= 0.3 is 0 Å². The molecule has 8 nitrogen and oxygen atoms in total. The van der Waals surface area contributed by atoms with Gasteiger partial charge in [0.2, 0.25) is 11.7 Å². The molecule has 2 aromatic carbocycles. The third-order valence-corrected chi connectivity index (χ3v) is 5.44. The molecular formula is C21H24N4O4S. The first kappa shape index (κ1) is 21.5. The summed E-state index contributed by atoms with van der Waals surface area (Å²) in [5, 5.41) is 9.28. The van der Waals surface area contributed by atoms with Crippen LogP contribution in [0.1, 0.15) is 5.56 Å². The Hall–Kier alpha value is -3.20. The summed E-state index contributed by atoms with van der Waals surface area (Å²) in [5.41, 5.74) is 7.26. The van der Waals surface area contributed by atoms with Crippen molar-refractivity contribution in [3.8, 4) is 28.6 Å². The highest BCUT2D eigenvalue weighted by atomic mass is 32.2. The van der Waals surface area contributed by atoms with E-state index in [2.05, 4.69) is 22.3 Å². The van der Waals surface area contributed by atoms with Crippen LogP contribution in [0.4, 0.5) is 0 Å². The summed E-state index contributed by atoms with van der Waals surface area (Å²) < 4.78 is 18.3. The van der Waals surface area contributed by atoms with Crippen molar-refractivity contribution in [2.24, 2.45) is 5.73 Å². The number of nitrogens with zero attached hydrogens (tertiary/aromatic N) is 3. The molecule has 3 rings (SSSR count). The quantitative estimate of drug-likeness (QED) is 0.496. The maximum Gasteiger partial charge on any atom is 0.227 e.